The fourth-order valence-electron chi connectivity index (χ4n) is 1.97. The van der Waals surface area contributed by atoms with Crippen LogP contribution in [0.3, 0.4) is 0 Å². The summed E-state index contributed by atoms with van der Waals surface area (Å²) in [5.74, 6) is 0.547. The fraction of sp³-hybridized carbons (Fsp3) is 0.118. The van der Waals surface area contributed by atoms with Crippen molar-refractivity contribution in [3.05, 3.63) is 67.9 Å². The van der Waals surface area contributed by atoms with Gasteiger partial charge >= 0.3 is 0 Å². The molecule has 1 aromatic carbocycles. The SMILES string of the molecule is C=CCN(CC=C)c1cccc(O)c1/N=N/c1ccccn1. The van der Waals surface area contributed by atoms with Gasteiger partial charge in [0.2, 0.25) is 0 Å². The standard InChI is InChI=1S/C17H18N4O/c1-3-12-21(13-4-2)14-8-7-9-15(22)17(14)20-19-16-10-5-6-11-18-16/h3-11,22H,1-2,12-13H2/b20-19+. The molecule has 5 nitrogen and oxygen atoms in total. The van der Waals surface area contributed by atoms with Crippen LogP contribution < -0.4 is 4.90 Å². The quantitative estimate of drug-likeness (QED) is 0.609. The second kappa shape index (κ2) is 7.73. The summed E-state index contributed by atoms with van der Waals surface area (Å²) in [6, 6.07) is 10.6. The van der Waals surface area contributed by atoms with E-state index in [0.717, 1.165) is 5.69 Å². The van der Waals surface area contributed by atoms with E-state index in [2.05, 4.69) is 28.4 Å². The van der Waals surface area contributed by atoms with Crippen LogP contribution in [0, 0.1) is 0 Å². The highest BCUT2D eigenvalue weighted by Gasteiger charge is 2.12. The van der Waals surface area contributed by atoms with Gasteiger partial charge in [-0.2, -0.15) is 0 Å². The van der Waals surface area contributed by atoms with Crippen LogP contribution in [0.5, 0.6) is 5.75 Å². The Kier molecular flexibility index (Phi) is 5.43. The lowest BCUT2D eigenvalue weighted by Crippen LogP contribution is -2.23. The van der Waals surface area contributed by atoms with Crippen molar-refractivity contribution < 1.29 is 5.11 Å². The van der Waals surface area contributed by atoms with Crippen LogP contribution in [0.4, 0.5) is 17.2 Å². The van der Waals surface area contributed by atoms with E-state index in [0.29, 0.717) is 24.6 Å². The second-order valence-electron chi connectivity index (χ2n) is 4.52. The van der Waals surface area contributed by atoms with Gasteiger partial charge in [0.15, 0.2) is 11.5 Å². The topological polar surface area (TPSA) is 61.1 Å². The summed E-state index contributed by atoms with van der Waals surface area (Å²) in [6.45, 7) is 8.73. The minimum Gasteiger partial charge on any atom is -0.506 e. The van der Waals surface area contributed by atoms with Crippen molar-refractivity contribution in [3.63, 3.8) is 0 Å². The molecule has 0 bridgehead atoms. The van der Waals surface area contributed by atoms with Gasteiger partial charge in [0.25, 0.3) is 0 Å². The van der Waals surface area contributed by atoms with E-state index in [1.807, 2.05) is 17.0 Å². The largest absolute Gasteiger partial charge is 0.506 e. The molecule has 0 radical (unpaired) electrons. The molecule has 112 valence electrons. The molecular weight excluding hydrogens is 276 g/mol. The maximum Gasteiger partial charge on any atom is 0.174 e. The Balaban J connectivity index is 2.39. The number of rotatable bonds is 7. The number of aromatic hydroxyl groups is 1. The number of aromatic nitrogens is 1. The maximum atomic E-state index is 10.1. The molecule has 0 atom stereocenters. The average molecular weight is 294 g/mol. The van der Waals surface area contributed by atoms with Crippen LogP contribution in [0.1, 0.15) is 0 Å². The molecule has 0 saturated carbocycles. The summed E-state index contributed by atoms with van der Waals surface area (Å²) in [5.41, 5.74) is 1.16. The second-order valence-corrected chi connectivity index (χ2v) is 4.52. The van der Waals surface area contributed by atoms with Crippen molar-refractivity contribution in [2.24, 2.45) is 10.2 Å². The molecule has 2 aromatic rings. The number of phenols is 1. The van der Waals surface area contributed by atoms with Gasteiger partial charge in [-0.1, -0.05) is 24.3 Å². The van der Waals surface area contributed by atoms with Crippen molar-refractivity contribution in [1.82, 2.24) is 4.98 Å². The van der Waals surface area contributed by atoms with Gasteiger partial charge in [-0.15, -0.1) is 23.4 Å². The summed E-state index contributed by atoms with van der Waals surface area (Å²) in [7, 11) is 0. The highest BCUT2D eigenvalue weighted by molar-refractivity contribution is 5.73. The van der Waals surface area contributed by atoms with Gasteiger partial charge in [-0.05, 0) is 24.3 Å². The van der Waals surface area contributed by atoms with Crippen LogP contribution in [-0.2, 0) is 0 Å². The summed E-state index contributed by atoms with van der Waals surface area (Å²) < 4.78 is 0. The van der Waals surface area contributed by atoms with Crippen molar-refractivity contribution in [2.45, 2.75) is 0 Å². The lowest BCUT2D eigenvalue weighted by Gasteiger charge is -2.23. The van der Waals surface area contributed by atoms with Crippen LogP contribution in [0.25, 0.3) is 0 Å². The van der Waals surface area contributed by atoms with E-state index in [-0.39, 0.29) is 5.75 Å². The van der Waals surface area contributed by atoms with Gasteiger partial charge in [0.05, 0.1) is 5.69 Å². The fourth-order valence-corrected chi connectivity index (χ4v) is 1.97. The van der Waals surface area contributed by atoms with Gasteiger partial charge in [0.1, 0.15) is 5.75 Å². The third-order valence-corrected chi connectivity index (χ3v) is 2.93. The van der Waals surface area contributed by atoms with Crippen LogP contribution in [0.2, 0.25) is 0 Å². The number of pyridine rings is 1. The number of azo groups is 1. The monoisotopic (exact) mass is 294 g/mol. The lowest BCUT2D eigenvalue weighted by atomic mass is 10.2. The van der Waals surface area contributed by atoms with E-state index < -0.39 is 0 Å². The zero-order chi connectivity index (χ0) is 15.8. The number of anilines is 1. The first-order chi connectivity index (χ1) is 10.8. The zero-order valence-electron chi connectivity index (χ0n) is 12.3. The highest BCUT2D eigenvalue weighted by Crippen LogP contribution is 2.37. The van der Waals surface area contributed by atoms with Crippen molar-refractivity contribution in [3.8, 4) is 5.75 Å². The van der Waals surface area contributed by atoms with E-state index in [1.54, 1.807) is 42.6 Å². The number of hydrogen-bond acceptors (Lipinski definition) is 5. The maximum absolute atomic E-state index is 10.1. The van der Waals surface area contributed by atoms with Crippen LogP contribution in [-0.4, -0.2) is 23.2 Å². The molecule has 1 heterocycles. The van der Waals surface area contributed by atoms with Crippen molar-refractivity contribution in [1.29, 1.82) is 0 Å². The minimum atomic E-state index is 0.0651. The van der Waals surface area contributed by atoms with E-state index in [1.165, 1.54) is 0 Å². The van der Waals surface area contributed by atoms with E-state index >= 15 is 0 Å². The Bertz CT molecular complexity index is 658. The molecule has 0 aliphatic rings. The molecule has 0 unspecified atom stereocenters. The summed E-state index contributed by atoms with van der Waals surface area (Å²) >= 11 is 0. The van der Waals surface area contributed by atoms with Gasteiger partial charge < -0.3 is 10.0 Å². The first-order valence-electron chi connectivity index (χ1n) is 6.87. The van der Waals surface area contributed by atoms with Crippen LogP contribution >= 0.6 is 0 Å². The molecule has 2 rings (SSSR count). The van der Waals surface area contributed by atoms with Crippen molar-refractivity contribution in [2.75, 3.05) is 18.0 Å². The van der Waals surface area contributed by atoms with Gasteiger partial charge in [-0.3, -0.25) is 0 Å². The van der Waals surface area contributed by atoms with Gasteiger partial charge in [0, 0.05) is 19.3 Å². The number of phenolic OH excluding ortho intramolecular Hbond substituents is 1. The molecule has 5 heteroatoms. The zero-order valence-corrected chi connectivity index (χ0v) is 12.3. The third kappa shape index (κ3) is 3.79. The Morgan fingerprint density at radius 1 is 1.05 bits per heavy atom. The third-order valence-electron chi connectivity index (χ3n) is 2.93. The van der Waals surface area contributed by atoms with Crippen LogP contribution in [0.15, 0.2) is 78.1 Å². The molecule has 0 aliphatic carbocycles. The first-order valence-corrected chi connectivity index (χ1v) is 6.87. The minimum absolute atomic E-state index is 0.0651. The lowest BCUT2D eigenvalue weighted by molar-refractivity contribution is 0.476. The Hall–Kier alpha value is -2.95. The molecule has 0 amide bonds. The Morgan fingerprint density at radius 3 is 2.45 bits per heavy atom. The molecule has 1 N–H and O–H groups in total. The summed E-state index contributed by atoms with van der Waals surface area (Å²) in [6.07, 6.45) is 5.21. The molecule has 0 saturated heterocycles. The molecule has 0 fully saturated rings. The number of nitrogens with zero attached hydrogens (tertiary/aromatic N) is 4. The van der Waals surface area contributed by atoms with E-state index in [9.17, 15) is 5.11 Å². The predicted octanol–water partition coefficient (Wildman–Crippen LogP) is 4.38. The Labute approximate surface area is 130 Å². The first kappa shape index (κ1) is 15.4. The van der Waals surface area contributed by atoms with E-state index in [4.69, 9.17) is 0 Å². The molecular formula is C17H18N4O. The van der Waals surface area contributed by atoms with Gasteiger partial charge in [-0.25, -0.2) is 4.98 Å². The Morgan fingerprint density at radius 2 is 1.82 bits per heavy atom. The summed E-state index contributed by atoms with van der Waals surface area (Å²) in [4.78, 5) is 6.08. The van der Waals surface area contributed by atoms with Crippen molar-refractivity contribution >= 4 is 17.2 Å². The molecule has 0 aliphatic heterocycles. The molecule has 0 spiro atoms. The highest BCUT2D eigenvalue weighted by atomic mass is 16.3. The number of benzene rings is 1. The molecule has 1 aromatic heterocycles. The molecule has 22 heavy (non-hydrogen) atoms. The average Bonchev–Trinajstić information content (AvgIpc) is 2.54. The summed E-state index contributed by atoms with van der Waals surface area (Å²) in [5, 5.41) is 18.3. The smallest absolute Gasteiger partial charge is 0.174 e. The predicted molar refractivity (Wildman–Crippen MR) is 89.1 cm³/mol. The normalized spacial score (nSPS) is 10.5. The number of hydrogen-bond donors (Lipinski definition) is 1.